The van der Waals surface area contributed by atoms with Gasteiger partial charge in [-0.2, -0.15) is 0 Å². The second-order valence-corrected chi connectivity index (χ2v) is 8.57. The molecule has 0 atom stereocenters. The monoisotopic (exact) mass is 458 g/mol. The lowest BCUT2D eigenvalue weighted by Gasteiger charge is -2.14. The van der Waals surface area contributed by atoms with Crippen LogP contribution in [0, 0.1) is 27.7 Å². The number of carbonyl (C=O) groups excluding carboxylic acids is 1. The Morgan fingerprint density at radius 3 is 2.20 bits per heavy atom. The standard InChI is InChI=1S/C26H23BrN2O/c1-15-10-18(4)25-21(11-15)22(14-23(29-25)19-8-6-5-7-9-19)26(30)28-20-12-16(2)24(27)17(3)13-20/h5-14H,1-4H3,(H,28,30). The smallest absolute Gasteiger partial charge is 0.256 e. The van der Waals surface area contributed by atoms with Crippen LogP contribution in [0.4, 0.5) is 5.69 Å². The first-order valence-corrected chi connectivity index (χ1v) is 10.7. The molecule has 1 amide bonds. The number of amides is 1. The van der Waals surface area contributed by atoms with Gasteiger partial charge in [-0.15, -0.1) is 0 Å². The van der Waals surface area contributed by atoms with Crippen molar-refractivity contribution in [3.63, 3.8) is 0 Å². The van der Waals surface area contributed by atoms with Gasteiger partial charge in [-0.1, -0.05) is 57.9 Å². The molecule has 1 N–H and O–H groups in total. The van der Waals surface area contributed by atoms with Crippen molar-refractivity contribution in [2.24, 2.45) is 0 Å². The van der Waals surface area contributed by atoms with Gasteiger partial charge in [0.2, 0.25) is 0 Å². The van der Waals surface area contributed by atoms with Gasteiger partial charge in [-0.05, 0) is 68.7 Å². The first-order valence-electron chi connectivity index (χ1n) is 9.89. The second-order valence-electron chi connectivity index (χ2n) is 7.78. The molecule has 3 nitrogen and oxygen atoms in total. The van der Waals surface area contributed by atoms with E-state index >= 15 is 0 Å². The van der Waals surface area contributed by atoms with Crippen LogP contribution < -0.4 is 5.32 Å². The van der Waals surface area contributed by atoms with E-state index < -0.39 is 0 Å². The number of anilines is 1. The summed E-state index contributed by atoms with van der Waals surface area (Å²) in [4.78, 5) is 18.3. The summed E-state index contributed by atoms with van der Waals surface area (Å²) >= 11 is 3.59. The fraction of sp³-hybridized carbons (Fsp3) is 0.154. The van der Waals surface area contributed by atoms with Gasteiger partial charge in [0, 0.05) is 21.1 Å². The maximum absolute atomic E-state index is 13.4. The Balaban J connectivity index is 1.87. The van der Waals surface area contributed by atoms with Crippen molar-refractivity contribution in [2.75, 3.05) is 5.32 Å². The Labute approximate surface area is 185 Å². The molecule has 0 aliphatic rings. The number of aryl methyl sites for hydroxylation is 4. The van der Waals surface area contributed by atoms with Crippen LogP contribution in [-0.4, -0.2) is 10.9 Å². The molecule has 1 aromatic heterocycles. The van der Waals surface area contributed by atoms with Crippen molar-refractivity contribution >= 4 is 38.4 Å². The number of fused-ring (bicyclic) bond motifs is 1. The summed E-state index contributed by atoms with van der Waals surface area (Å²) in [6.07, 6.45) is 0. The molecule has 3 aromatic carbocycles. The molecule has 0 saturated carbocycles. The highest BCUT2D eigenvalue weighted by Crippen LogP contribution is 2.30. The number of pyridine rings is 1. The summed E-state index contributed by atoms with van der Waals surface area (Å²) in [7, 11) is 0. The summed E-state index contributed by atoms with van der Waals surface area (Å²) < 4.78 is 1.06. The Morgan fingerprint density at radius 1 is 0.867 bits per heavy atom. The third-order valence-electron chi connectivity index (χ3n) is 5.26. The highest BCUT2D eigenvalue weighted by molar-refractivity contribution is 9.10. The van der Waals surface area contributed by atoms with Gasteiger partial charge in [0.15, 0.2) is 0 Å². The Bertz CT molecular complexity index is 1260. The van der Waals surface area contributed by atoms with Gasteiger partial charge in [0.25, 0.3) is 5.91 Å². The van der Waals surface area contributed by atoms with Gasteiger partial charge in [0.1, 0.15) is 0 Å². The van der Waals surface area contributed by atoms with Gasteiger partial charge in [-0.25, -0.2) is 4.98 Å². The second kappa shape index (κ2) is 8.04. The van der Waals surface area contributed by atoms with Gasteiger partial charge in [0.05, 0.1) is 16.8 Å². The third kappa shape index (κ3) is 3.88. The van der Waals surface area contributed by atoms with Crippen LogP contribution in [-0.2, 0) is 0 Å². The summed E-state index contributed by atoms with van der Waals surface area (Å²) in [6.45, 7) is 8.13. The molecule has 0 saturated heterocycles. The molecule has 4 heteroatoms. The number of nitrogens with zero attached hydrogens (tertiary/aromatic N) is 1. The molecule has 0 spiro atoms. The zero-order valence-electron chi connectivity index (χ0n) is 17.5. The topological polar surface area (TPSA) is 42.0 Å². The van der Waals surface area contributed by atoms with E-state index in [0.717, 1.165) is 54.6 Å². The van der Waals surface area contributed by atoms with E-state index in [4.69, 9.17) is 4.98 Å². The van der Waals surface area contributed by atoms with Crippen LogP contribution in [0.1, 0.15) is 32.6 Å². The summed E-state index contributed by atoms with van der Waals surface area (Å²) in [5.41, 5.74) is 8.40. The number of nitrogens with one attached hydrogen (secondary N) is 1. The van der Waals surface area contributed by atoms with Crippen molar-refractivity contribution in [2.45, 2.75) is 27.7 Å². The van der Waals surface area contributed by atoms with E-state index in [1.54, 1.807) is 0 Å². The molecule has 0 aliphatic heterocycles. The minimum Gasteiger partial charge on any atom is -0.322 e. The molecular weight excluding hydrogens is 436 g/mol. The predicted molar refractivity (Wildman–Crippen MR) is 128 cm³/mol. The normalized spacial score (nSPS) is 11.0. The first-order chi connectivity index (χ1) is 14.3. The number of benzene rings is 3. The van der Waals surface area contributed by atoms with Crippen molar-refractivity contribution < 1.29 is 4.79 Å². The molecule has 0 radical (unpaired) electrons. The number of carbonyl (C=O) groups is 1. The maximum Gasteiger partial charge on any atom is 0.256 e. The zero-order chi connectivity index (χ0) is 21.4. The average molecular weight is 459 g/mol. The van der Waals surface area contributed by atoms with Crippen molar-refractivity contribution in [1.29, 1.82) is 0 Å². The summed E-state index contributed by atoms with van der Waals surface area (Å²) in [5, 5.41) is 3.96. The molecule has 4 rings (SSSR count). The average Bonchev–Trinajstić information content (AvgIpc) is 2.72. The van der Waals surface area contributed by atoms with Crippen molar-refractivity contribution in [3.05, 3.63) is 93.0 Å². The lowest BCUT2D eigenvalue weighted by Crippen LogP contribution is -2.14. The van der Waals surface area contributed by atoms with E-state index in [0.29, 0.717) is 5.56 Å². The van der Waals surface area contributed by atoms with Crippen molar-refractivity contribution in [3.8, 4) is 11.3 Å². The molecule has 0 fully saturated rings. The molecular formula is C26H23BrN2O. The third-order valence-corrected chi connectivity index (χ3v) is 6.51. The highest BCUT2D eigenvalue weighted by atomic mass is 79.9. The number of hydrogen-bond acceptors (Lipinski definition) is 2. The van der Waals surface area contributed by atoms with E-state index in [1.165, 1.54) is 0 Å². The van der Waals surface area contributed by atoms with E-state index in [-0.39, 0.29) is 5.91 Å². The van der Waals surface area contributed by atoms with Crippen LogP contribution >= 0.6 is 15.9 Å². The van der Waals surface area contributed by atoms with Crippen LogP contribution in [0.15, 0.2) is 65.1 Å². The van der Waals surface area contributed by atoms with E-state index in [2.05, 4.69) is 27.3 Å². The maximum atomic E-state index is 13.4. The first kappa shape index (κ1) is 20.3. The van der Waals surface area contributed by atoms with E-state index in [1.807, 2.05) is 82.3 Å². The summed E-state index contributed by atoms with van der Waals surface area (Å²) in [6, 6.07) is 20.0. The Kier molecular flexibility index (Phi) is 5.44. The fourth-order valence-corrected chi connectivity index (χ4v) is 4.07. The molecule has 30 heavy (non-hydrogen) atoms. The van der Waals surface area contributed by atoms with Crippen LogP contribution in [0.25, 0.3) is 22.2 Å². The van der Waals surface area contributed by atoms with E-state index in [9.17, 15) is 4.79 Å². The summed E-state index contributed by atoms with van der Waals surface area (Å²) in [5.74, 6) is -0.134. The SMILES string of the molecule is Cc1cc(C)c2nc(-c3ccccc3)cc(C(=O)Nc3cc(C)c(Br)c(C)c3)c2c1. The van der Waals surface area contributed by atoms with Crippen LogP contribution in [0.3, 0.4) is 0 Å². The van der Waals surface area contributed by atoms with Gasteiger partial charge < -0.3 is 5.32 Å². The molecule has 0 unspecified atom stereocenters. The Hall–Kier alpha value is -2.98. The predicted octanol–water partition coefficient (Wildman–Crippen LogP) is 7.15. The molecule has 150 valence electrons. The van der Waals surface area contributed by atoms with Gasteiger partial charge >= 0.3 is 0 Å². The van der Waals surface area contributed by atoms with Gasteiger partial charge in [-0.3, -0.25) is 4.79 Å². The lowest BCUT2D eigenvalue weighted by molar-refractivity contribution is 0.102. The number of aromatic nitrogens is 1. The molecule has 4 aromatic rings. The number of halogens is 1. The minimum absolute atomic E-state index is 0.134. The minimum atomic E-state index is -0.134. The van der Waals surface area contributed by atoms with Crippen LogP contribution in [0.5, 0.6) is 0 Å². The largest absolute Gasteiger partial charge is 0.322 e. The molecule has 1 heterocycles. The van der Waals surface area contributed by atoms with Crippen molar-refractivity contribution in [1.82, 2.24) is 4.98 Å². The van der Waals surface area contributed by atoms with Crippen LogP contribution in [0.2, 0.25) is 0 Å². The highest BCUT2D eigenvalue weighted by Gasteiger charge is 2.16. The Morgan fingerprint density at radius 2 is 1.53 bits per heavy atom. The molecule has 0 bridgehead atoms. The lowest BCUT2D eigenvalue weighted by atomic mass is 9.99. The number of rotatable bonds is 3. The fourth-order valence-electron chi connectivity index (χ4n) is 3.84. The number of hydrogen-bond donors (Lipinski definition) is 1. The molecule has 0 aliphatic carbocycles. The quantitative estimate of drug-likeness (QED) is 0.354. The zero-order valence-corrected chi connectivity index (χ0v) is 19.1.